The fourth-order valence-corrected chi connectivity index (χ4v) is 1.65. The number of hydrogen-bond donors (Lipinski definition) is 1. The Balaban J connectivity index is 3.94. The Hall–Kier alpha value is -0.880. The molecule has 0 aromatic heterocycles. The molecule has 14 heavy (non-hydrogen) atoms. The van der Waals surface area contributed by atoms with Gasteiger partial charge >= 0.3 is 5.97 Å². The molecule has 0 aliphatic heterocycles. The van der Waals surface area contributed by atoms with E-state index >= 15 is 0 Å². The number of hydrogen-bond acceptors (Lipinski definition) is 4. The van der Waals surface area contributed by atoms with Crippen LogP contribution in [0.15, 0.2) is 12.7 Å². The van der Waals surface area contributed by atoms with Crippen LogP contribution >= 0.6 is 0 Å². The molecule has 0 amide bonds. The molecule has 0 radical (unpaired) electrons. The summed E-state index contributed by atoms with van der Waals surface area (Å²) in [4.78, 5) is 10.8. The van der Waals surface area contributed by atoms with Crippen LogP contribution in [0.25, 0.3) is 0 Å². The van der Waals surface area contributed by atoms with Gasteiger partial charge in [-0.2, -0.15) is 0 Å². The molecule has 0 aliphatic rings. The molecular formula is C8H15NO4S. The Kier molecular flexibility index (Phi) is 6.14. The van der Waals surface area contributed by atoms with Gasteiger partial charge in [-0.3, -0.25) is 4.79 Å². The Bertz CT molecular complexity index is 284. The third kappa shape index (κ3) is 6.62. The second kappa shape index (κ2) is 6.56. The first kappa shape index (κ1) is 13.1. The van der Waals surface area contributed by atoms with Crippen LogP contribution in [0.5, 0.6) is 0 Å². The Morgan fingerprint density at radius 3 is 2.71 bits per heavy atom. The van der Waals surface area contributed by atoms with E-state index in [2.05, 4.69) is 16.0 Å². The third-order valence-corrected chi connectivity index (χ3v) is 2.54. The quantitative estimate of drug-likeness (QED) is 0.374. The first-order chi connectivity index (χ1) is 6.52. The molecule has 0 heterocycles. The fourth-order valence-electron chi connectivity index (χ4n) is 0.725. The lowest BCUT2D eigenvalue weighted by Gasteiger charge is -2.04. The van der Waals surface area contributed by atoms with Crippen molar-refractivity contribution in [1.82, 2.24) is 4.72 Å². The molecule has 0 saturated carbocycles. The van der Waals surface area contributed by atoms with E-state index in [9.17, 15) is 13.2 Å². The van der Waals surface area contributed by atoms with Crippen LogP contribution in [0, 0.1) is 0 Å². The van der Waals surface area contributed by atoms with E-state index in [1.807, 2.05) is 0 Å². The predicted octanol–water partition coefficient (Wildman–Crippen LogP) is 0.0450. The van der Waals surface area contributed by atoms with Crippen LogP contribution < -0.4 is 4.72 Å². The summed E-state index contributed by atoms with van der Waals surface area (Å²) >= 11 is 0. The fraction of sp³-hybridized carbons (Fsp3) is 0.625. The lowest BCUT2D eigenvalue weighted by atomic mass is 10.4. The third-order valence-electron chi connectivity index (χ3n) is 1.28. The maximum atomic E-state index is 11.1. The standard InChI is InChI=1S/C8H15NO4S/c1-3-5-6-9-14(11,12)7-8(10)13-4-2/h3,9H,1,4-7H2,2H3. The molecule has 0 aromatic rings. The van der Waals surface area contributed by atoms with E-state index in [1.165, 1.54) is 0 Å². The highest BCUT2D eigenvalue weighted by molar-refractivity contribution is 7.90. The van der Waals surface area contributed by atoms with Crippen molar-refractivity contribution in [3.8, 4) is 0 Å². The highest BCUT2D eigenvalue weighted by Gasteiger charge is 2.15. The van der Waals surface area contributed by atoms with Crippen molar-refractivity contribution >= 4 is 16.0 Å². The predicted molar refractivity (Wildman–Crippen MR) is 53.2 cm³/mol. The van der Waals surface area contributed by atoms with Crippen molar-refractivity contribution in [2.24, 2.45) is 0 Å². The van der Waals surface area contributed by atoms with Gasteiger partial charge in [-0.1, -0.05) is 6.08 Å². The van der Waals surface area contributed by atoms with Gasteiger partial charge in [0.1, 0.15) is 0 Å². The summed E-state index contributed by atoms with van der Waals surface area (Å²) in [6, 6.07) is 0. The first-order valence-electron chi connectivity index (χ1n) is 4.25. The zero-order valence-electron chi connectivity index (χ0n) is 8.15. The van der Waals surface area contributed by atoms with E-state index < -0.39 is 21.7 Å². The molecule has 0 saturated heterocycles. The molecule has 0 rings (SSSR count). The van der Waals surface area contributed by atoms with Gasteiger partial charge in [0.15, 0.2) is 5.75 Å². The van der Waals surface area contributed by atoms with Gasteiger partial charge in [-0.15, -0.1) is 6.58 Å². The zero-order valence-corrected chi connectivity index (χ0v) is 8.97. The molecule has 6 heteroatoms. The number of carbonyl (C=O) groups excluding carboxylic acids is 1. The van der Waals surface area contributed by atoms with Gasteiger partial charge in [0, 0.05) is 6.54 Å². The number of rotatable bonds is 7. The highest BCUT2D eigenvalue weighted by atomic mass is 32.2. The summed E-state index contributed by atoms with van der Waals surface area (Å²) < 4.78 is 29.0. The van der Waals surface area contributed by atoms with Crippen molar-refractivity contribution in [3.63, 3.8) is 0 Å². The van der Waals surface area contributed by atoms with Crippen molar-refractivity contribution in [2.75, 3.05) is 18.9 Å². The van der Waals surface area contributed by atoms with E-state index in [1.54, 1.807) is 13.0 Å². The van der Waals surface area contributed by atoms with E-state index in [0.29, 0.717) is 6.42 Å². The maximum absolute atomic E-state index is 11.1. The molecule has 0 spiro atoms. The number of carbonyl (C=O) groups is 1. The maximum Gasteiger partial charge on any atom is 0.322 e. The summed E-state index contributed by atoms with van der Waals surface area (Å²) in [5.74, 6) is -1.36. The van der Waals surface area contributed by atoms with Gasteiger partial charge in [0.25, 0.3) is 0 Å². The van der Waals surface area contributed by atoms with Gasteiger partial charge in [0.2, 0.25) is 10.0 Å². The van der Waals surface area contributed by atoms with Crippen LogP contribution in [0.4, 0.5) is 0 Å². The minimum Gasteiger partial charge on any atom is -0.465 e. The summed E-state index contributed by atoms with van der Waals surface area (Å²) in [6.07, 6.45) is 2.12. The average molecular weight is 221 g/mol. The van der Waals surface area contributed by atoms with E-state index in [4.69, 9.17) is 0 Å². The number of esters is 1. The van der Waals surface area contributed by atoms with Gasteiger partial charge in [0.05, 0.1) is 6.61 Å². The number of nitrogens with one attached hydrogen (secondary N) is 1. The molecule has 0 atom stereocenters. The Labute approximate surface area is 84.2 Å². The monoisotopic (exact) mass is 221 g/mol. The second-order valence-electron chi connectivity index (χ2n) is 2.54. The van der Waals surface area contributed by atoms with Crippen LogP contribution in [0.3, 0.4) is 0 Å². The van der Waals surface area contributed by atoms with Crippen molar-refractivity contribution in [2.45, 2.75) is 13.3 Å². The minimum absolute atomic E-state index is 0.182. The van der Waals surface area contributed by atoms with Crippen LogP contribution in [0.1, 0.15) is 13.3 Å². The van der Waals surface area contributed by atoms with Crippen molar-refractivity contribution < 1.29 is 17.9 Å². The molecule has 0 unspecified atom stereocenters. The molecule has 5 nitrogen and oxygen atoms in total. The Morgan fingerprint density at radius 1 is 1.57 bits per heavy atom. The summed E-state index contributed by atoms with van der Waals surface area (Å²) in [5.41, 5.74) is 0. The van der Waals surface area contributed by atoms with Crippen LogP contribution in [-0.4, -0.2) is 33.3 Å². The van der Waals surface area contributed by atoms with Gasteiger partial charge in [-0.05, 0) is 13.3 Å². The smallest absolute Gasteiger partial charge is 0.322 e. The molecule has 0 aromatic carbocycles. The normalized spacial score (nSPS) is 10.9. The summed E-state index contributed by atoms with van der Waals surface area (Å²) in [5, 5.41) is 0. The molecule has 0 fully saturated rings. The molecule has 0 aliphatic carbocycles. The largest absolute Gasteiger partial charge is 0.465 e. The van der Waals surface area contributed by atoms with Gasteiger partial charge in [-0.25, -0.2) is 13.1 Å². The van der Waals surface area contributed by atoms with Gasteiger partial charge < -0.3 is 4.74 Å². The molecule has 82 valence electrons. The summed E-state index contributed by atoms with van der Waals surface area (Å²) in [7, 11) is -3.55. The second-order valence-corrected chi connectivity index (χ2v) is 4.34. The zero-order chi connectivity index (χ0) is 11.0. The van der Waals surface area contributed by atoms with E-state index in [0.717, 1.165) is 0 Å². The number of ether oxygens (including phenoxy) is 1. The highest BCUT2D eigenvalue weighted by Crippen LogP contribution is 1.89. The van der Waals surface area contributed by atoms with Crippen LogP contribution in [-0.2, 0) is 19.6 Å². The van der Waals surface area contributed by atoms with Crippen molar-refractivity contribution in [3.05, 3.63) is 12.7 Å². The molecular weight excluding hydrogens is 206 g/mol. The van der Waals surface area contributed by atoms with E-state index in [-0.39, 0.29) is 13.2 Å². The lowest BCUT2D eigenvalue weighted by Crippen LogP contribution is -2.31. The average Bonchev–Trinajstić information content (AvgIpc) is 2.03. The SMILES string of the molecule is C=CCCNS(=O)(=O)CC(=O)OCC. The molecule has 0 bridgehead atoms. The first-order valence-corrected chi connectivity index (χ1v) is 5.91. The molecule has 1 N–H and O–H groups in total. The topological polar surface area (TPSA) is 72.5 Å². The number of sulfonamides is 1. The van der Waals surface area contributed by atoms with Crippen molar-refractivity contribution in [1.29, 1.82) is 0 Å². The Morgan fingerprint density at radius 2 is 2.21 bits per heavy atom. The van der Waals surface area contributed by atoms with Crippen LogP contribution in [0.2, 0.25) is 0 Å². The lowest BCUT2D eigenvalue weighted by molar-refractivity contribution is -0.139. The summed E-state index contributed by atoms with van der Waals surface area (Å²) in [6.45, 7) is 5.50. The minimum atomic E-state index is -3.55.